The molecule has 1 aromatic carbocycles. The zero-order chi connectivity index (χ0) is 14.7. The average molecular weight is 296 g/mol. The molecule has 3 N–H and O–H groups in total. The van der Waals surface area contributed by atoms with E-state index in [1.807, 2.05) is 0 Å². The zero-order valence-electron chi connectivity index (χ0n) is 11.4. The molecule has 0 unspecified atom stereocenters. The van der Waals surface area contributed by atoms with Crippen molar-refractivity contribution in [2.75, 3.05) is 18.8 Å². The fourth-order valence-corrected chi connectivity index (χ4v) is 2.66. The lowest BCUT2D eigenvalue weighted by molar-refractivity contribution is -0.119. The van der Waals surface area contributed by atoms with E-state index in [9.17, 15) is 9.59 Å². The highest BCUT2D eigenvalue weighted by atomic mass is 35.5. The molecule has 0 radical (unpaired) electrons. The van der Waals surface area contributed by atoms with Crippen molar-refractivity contribution >= 4 is 29.1 Å². The highest BCUT2D eigenvalue weighted by molar-refractivity contribution is 6.34. The molecule has 1 heterocycles. The second-order valence-electron chi connectivity index (χ2n) is 5.01. The Bertz CT molecular complexity index is 525. The molecule has 2 rings (SSSR count). The van der Waals surface area contributed by atoms with Gasteiger partial charge in [0.05, 0.1) is 10.6 Å². The Labute approximate surface area is 123 Å². The first-order chi connectivity index (χ1) is 9.47. The lowest BCUT2D eigenvalue weighted by atomic mass is 10.0. The van der Waals surface area contributed by atoms with Crippen molar-refractivity contribution in [1.29, 1.82) is 0 Å². The molecular weight excluding hydrogens is 278 g/mol. The summed E-state index contributed by atoms with van der Waals surface area (Å²) in [7, 11) is 0. The van der Waals surface area contributed by atoms with Crippen molar-refractivity contribution in [3.63, 3.8) is 0 Å². The second-order valence-corrected chi connectivity index (χ2v) is 5.41. The summed E-state index contributed by atoms with van der Waals surface area (Å²) in [5.41, 5.74) is 6.63. The van der Waals surface area contributed by atoms with Crippen LogP contribution in [0.15, 0.2) is 18.2 Å². The minimum absolute atomic E-state index is 0.0312. The van der Waals surface area contributed by atoms with Gasteiger partial charge in [-0.2, -0.15) is 0 Å². The van der Waals surface area contributed by atoms with Crippen LogP contribution in [0.3, 0.4) is 0 Å². The van der Waals surface area contributed by atoms with Gasteiger partial charge in [0.1, 0.15) is 0 Å². The number of carbonyl (C=O) groups is 2. The quantitative estimate of drug-likeness (QED) is 0.815. The molecule has 0 aliphatic carbocycles. The summed E-state index contributed by atoms with van der Waals surface area (Å²) in [5, 5.41) is 3.25. The predicted octanol–water partition coefficient (Wildman–Crippen LogP) is 1.66. The number of hydrogen-bond acceptors (Lipinski definition) is 3. The van der Waals surface area contributed by atoms with E-state index < -0.39 is 0 Å². The van der Waals surface area contributed by atoms with Crippen LogP contribution >= 0.6 is 11.6 Å². The Hall–Kier alpha value is -1.75. The van der Waals surface area contributed by atoms with Crippen LogP contribution in [0.25, 0.3) is 0 Å². The maximum atomic E-state index is 12.4. The molecule has 1 aliphatic heterocycles. The summed E-state index contributed by atoms with van der Waals surface area (Å²) in [5.74, 6) is -0.118. The predicted molar refractivity (Wildman–Crippen MR) is 78.6 cm³/mol. The molecule has 1 aromatic rings. The van der Waals surface area contributed by atoms with Gasteiger partial charge in [-0.3, -0.25) is 9.59 Å². The van der Waals surface area contributed by atoms with E-state index >= 15 is 0 Å². The third-order valence-electron chi connectivity index (χ3n) is 3.41. The van der Waals surface area contributed by atoms with Crippen molar-refractivity contribution in [3.05, 3.63) is 28.8 Å². The number of hydrogen-bond donors (Lipinski definition) is 2. The first-order valence-corrected chi connectivity index (χ1v) is 6.96. The SMILES string of the molecule is CC(=O)NC1CCN(C(=O)c2ccc(N)cc2Cl)CC1. The van der Waals surface area contributed by atoms with E-state index in [-0.39, 0.29) is 17.9 Å². The van der Waals surface area contributed by atoms with Gasteiger partial charge in [0, 0.05) is 31.7 Å². The van der Waals surface area contributed by atoms with E-state index in [0.717, 1.165) is 12.8 Å². The summed E-state index contributed by atoms with van der Waals surface area (Å²) in [6.07, 6.45) is 1.52. The highest BCUT2D eigenvalue weighted by Crippen LogP contribution is 2.22. The van der Waals surface area contributed by atoms with Crippen LogP contribution in [0.5, 0.6) is 0 Å². The Morgan fingerprint density at radius 2 is 2.00 bits per heavy atom. The monoisotopic (exact) mass is 295 g/mol. The van der Waals surface area contributed by atoms with E-state index in [1.165, 1.54) is 6.92 Å². The van der Waals surface area contributed by atoms with Gasteiger partial charge in [-0.15, -0.1) is 0 Å². The number of nitrogens with two attached hydrogens (primary N) is 1. The average Bonchev–Trinajstić information content (AvgIpc) is 2.38. The minimum Gasteiger partial charge on any atom is -0.399 e. The number of carbonyl (C=O) groups excluding carboxylic acids is 2. The van der Waals surface area contributed by atoms with Crippen LogP contribution in [0.1, 0.15) is 30.1 Å². The van der Waals surface area contributed by atoms with Crippen LogP contribution in [0, 0.1) is 0 Å². The number of nitrogen functional groups attached to an aromatic ring is 1. The molecule has 1 aliphatic rings. The number of nitrogens with zero attached hydrogens (tertiary/aromatic N) is 1. The number of halogens is 1. The van der Waals surface area contributed by atoms with Crippen molar-refractivity contribution in [1.82, 2.24) is 10.2 Å². The normalized spacial score (nSPS) is 16.0. The van der Waals surface area contributed by atoms with Crippen molar-refractivity contribution in [2.45, 2.75) is 25.8 Å². The number of benzene rings is 1. The van der Waals surface area contributed by atoms with Gasteiger partial charge in [-0.1, -0.05) is 11.6 Å². The van der Waals surface area contributed by atoms with Crippen LogP contribution < -0.4 is 11.1 Å². The molecule has 5 nitrogen and oxygen atoms in total. The second kappa shape index (κ2) is 6.13. The van der Waals surface area contributed by atoms with Crippen LogP contribution in [-0.4, -0.2) is 35.8 Å². The van der Waals surface area contributed by atoms with Gasteiger partial charge in [-0.05, 0) is 31.0 Å². The fourth-order valence-electron chi connectivity index (χ4n) is 2.39. The van der Waals surface area contributed by atoms with Gasteiger partial charge in [0.15, 0.2) is 0 Å². The van der Waals surface area contributed by atoms with Crippen LogP contribution in [0.4, 0.5) is 5.69 Å². The maximum absolute atomic E-state index is 12.4. The minimum atomic E-state index is -0.0868. The molecule has 0 aromatic heterocycles. The Morgan fingerprint density at radius 3 is 2.55 bits per heavy atom. The summed E-state index contributed by atoms with van der Waals surface area (Å²) < 4.78 is 0. The molecule has 108 valence electrons. The summed E-state index contributed by atoms with van der Waals surface area (Å²) in [6.45, 7) is 2.74. The summed E-state index contributed by atoms with van der Waals surface area (Å²) in [6, 6.07) is 5.06. The first-order valence-electron chi connectivity index (χ1n) is 6.59. The molecule has 0 atom stereocenters. The topological polar surface area (TPSA) is 75.4 Å². The van der Waals surface area contributed by atoms with Gasteiger partial charge < -0.3 is 16.0 Å². The largest absolute Gasteiger partial charge is 0.399 e. The Morgan fingerprint density at radius 1 is 1.35 bits per heavy atom. The number of amides is 2. The van der Waals surface area contributed by atoms with Crippen molar-refractivity contribution < 1.29 is 9.59 Å². The van der Waals surface area contributed by atoms with Crippen LogP contribution in [-0.2, 0) is 4.79 Å². The lowest BCUT2D eigenvalue weighted by Gasteiger charge is -2.32. The summed E-state index contributed by atoms with van der Waals surface area (Å²) in [4.78, 5) is 25.1. The molecule has 2 amide bonds. The van der Waals surface area contributed by atoms with Crippen molar-refractivity contribution in [3.8, 4) is 0 Å². The summed E-state index contributed by atoms with van der Waals surface area (Å²) >= 11 is 6.06. The molecular formula is C14H18ClN3O2. The smallest absolute Gasteiger partial charge is 0.255 e. The third kappa shape index (κ3) is 3.42. The van der Waals surface area contributed by atoms with E-state index in [4.69, 9.17) is 17.3 Å². The number of likely N-dealkylation sites (tertiary alicyclic amines) is 1. The molecule has 6 heteroatoms. The number of piperidine rings is 1. The van der Waals surface area contributed by atoms with Crippen LogP contribution in [0.2, 0.25) is 5.02 Å². The molecule has 0 bridgehead atoms. The van der Waals surface area contributed by atoms with Gasteiger partial charge in [0.25, 0.3) is 5.91 Å². The van der Waals surface area contributed by atoms with Gasteiger partial charge in [0.2, 0.25) is 5.91 Å². The maximum Gasteiger partial charge on any atom is 0.255 e. The Kier molecular flexibility index (Phi) is 4.49. The highest BCUT2D eigenvalue weighted by Gasteiger charge is 2.25. The lowest BCUT2D eigenvalue weighted by Crippen LogP contribution is -2.46. The molecule has 0 saturated carbocycles. The Balaban J connectivity index is 1.99. The number of rotatable bonds is 2. The van der Waals surface area contributed by atoms with E-state index in [1.54, 1.807) is 23.1 Å². The zero-order valence-corrected chi connectivity index (χ0v) is 12.1. The fraction of sp³-hybridized carbons (Fsp3) is 0.429. The van der Waals surface area contributed by atoms with E-state index in [2.05, 4.69) is 5.32 Å². The third-order valence-corrected chi connectivity index (χ3v) is 3.73. The molecule has 0 spiro atoms. The number of anilines is 1. The van der Waals surface area contributed by atoms with E-state index in [0.29, 0.717) is 29.4 Å². The molecule has 20 heavy (non-hydrogen) atoms. The van der Waals surface area contributed by atoms with Gasteiger partial charge in [-0.25, -0.2) is 0 Å². The number of nitrogens with one attached hydrogen (secondary N) is 1. The molecule has 1 fully saturated rings. The van der Waals surface area contributed by atoms with Gasteiger partial charge >= 0.3 is 0 Å². The first kappa shape index (κ1) is 14.7. The van der Waals surface area contributed by atoms with Crippen molar-refractivity contribution in [2.24, 2.45) is 0 Å². The standard InChI is InChI=1S/C14H18ClN3O2/c1-9(19)17-11-4-6-18(7-5-11)14(20)12-3-2-10(16)8-13(12)15/h2-3,8,11H,4-7,16H2,1H3,(H,17,19). The molecule has 1 saturated heterocycles.